The number of aliphatic hydroxyl groups is 1. The van der Waals surface area contributed by atoms with Crippen LogP contribution in [0.25, 0.3) is 0 Å². The highest BCUT2D eigenvalue weighted by Gasteiger charge is 2.44. The van der Waals surface area contributed by atoms with Crippen LogP contribution in [0.1, 0.15) is 33.6 Å². The number of hydrogen-bond donors (Lipinski definition) is 1. The monoisotopic (exact) mass is 315 g/mol. The fraction of sp³-hybridized carbons (Fsp3) is 0.467. The Balaban J connectivity index is 1.96. The first-order valence-electron chi connectivity index (χ1n) is 6.92. The number of carbonyl (C=O) groups is 2. The summed E-state index contributed by atoms with van der Waals surface area (Å²) in [6.07, 6.45) is -6.08. The van der Waals surface area contributed by atoms with E-state index in [2.05, 4.69) is 0 Å². The number of carbonyl (C=O) groups excluding carboxylic acids is 2. The molecule has 1 N–H and O–H groups in total. The lowest BCUT2D eigenvalue weighted by Gasteiger charge is -2.34. The SMILES string of the molecule is O=Cc1ccc(C(=O)N2CCC(C(O)C(F)(F)F)CC2)cc1. The smallest absolute Gasteiger partial charge is 0.383 e. The Kier molecular flexibility index (Phi) is 4.85. The Labute approximate surface area is 125 Å². The topological polar surface area (TPSA) is 57.6 Å². The van der Waals surface area contributed by atoms with Crippen molar-refractivity contribution in [2.24, 2.45) is 5.92 Å². The van der Waals surface area contributed by atoms with Gasteiger partial charge in [0.05, 0.1) is 0 Å². The Morgan fingerprint density at radius 1 is 1.23 bits per heavy atom. The van der Waals surface area contributed by atoms with E-state index >= 15 is 0 Å². The van der Waals surface area contributed by atoms with Crippen molar-refractivity contribution >= 4 is 12.2 Å². The van der Waals surface area contributed by atoms with Crippen LogP contribution in [0, 0.1) is 5.92 Å². The summed E-state index contributed by atoms with van der Waals surface area (Å²) < 4.78 is 37.4. The van der Waals surface area contributed by atoms with E-state index in [-0.39, 0.29) is 31.8 Å². The summed E-state index contributed by atoms with van der Waals surface area (Å²) in [7, 11) is 0. The first-order chi connectivity index (χ1) is 10.3. The summed E-state index contributed by atoms with van der Waals surface area (Å²) in [6.45, 7) is 0.345. The zero-order chi connectivity index (χ0) is 16.3. The van der Waals surface area contributed by atoms with Crippen LogP contribution in [0.4, 0.5) is 13.2 Å². The van der Waals surface area contributed by atoms with Gasteiger partial charge in [-0.1, -0.05) is 12.1 Å². The summed E-state index contributed by atoms with van der Waals surface area (Å²) in [4.78, 5) is 24.3. The number of aliphatic hydroxyl groups excluding tert-OH is 1. The van der Waals surface area contributed by atoms with E-state index in [1.807, 2.05) is 0 Å². The van der Waals surface area contributed by atoms with Gasteiger partial charge in [0.2, 0.25) is 0 Å². The highest BCUT2D eigenvalue weighted by molar-refractivity contribution is 5.94. The molecule has 0 aromatic heterocycles. The number of halogens is 3. The van der Waals surface area contributed by atoms with Crippen molar-refractivity contribution in [3.8, 4) is 0 Å². The predicted octanol–water partition coefficient (Wildman–Crippen LogP) is 2.27. The van der Waals surface area contributed by atoms with E-state index in [1.54, 1.807) is 0 Å². The van der Waals surface area contributed by atoms with Gasteiger partial charge in [-0.25, -0.2) is 0 Å². The molecule has 120 valence electrons. The molecule has 0 aliphatic carbocycles. The zero-order valence-electron chi connectivity index (χ0n) is 11.7. The Hall–Kier alpha value is -1.89. The fourth-order valence-electron chi connectivity index (χ4n) is 2.57. The summed E-state index contributed by atoms with van der Waals surface area (Å²) in [6, 6.07) is 6.06. The molecule has 1 unspecified atom stereocenters. The Bertz CT molecular complexity index is 534. The first-order valence-corrected chi connectivity index (χ1v) is 6.92. The van der Waals surface area contributed by atoms with Crippen molar-refractivity contribution in [2.75, 3.05) is 13.1 Å². The second-order valence-electron chi connectivity index (χ2n) is 5.36. The molecule has 2 rings (SSSR count). The number of alkyl halides is 3. The van der Waals surface area contributed by atoms with Gasteiger partial charge in [0.25, 0.3) is 5.91 Å². The van der Waals surface area contributed by atoms with Crippen LogP contribution in [0.5, 0.6) is 0 Å². The van der Waals surface area contributed by atoms with E-state index in [0.29, 0.717) is 17.4 Å². The van der Waals surface area contributed by atoms with Crippen LogP contribution in [0.2, 0.25) is 0 Å². The molecule has 1 aliphatic rings. The van der Waals surface area contributed by atoms with E-state index < -0.39 is 18.2 Å². The number of benzene rings is 1. The van der Waals surface area contributed by atoms with Crippen LogP contribution in [-0.2, 0) is 0 Å². The number of nitrogens with zero attached hydrogens (tertiary/aromatic N) is 1. The molecule has 1 aliphatic heterocycles. The Morgan fingerprint density at radius 3 is 2.23 bits per heavy atom. The molecule has 1 fully saturated rings. The summed E-state index contributed by atoms with van der Waals surface area (Å²) >= 11 is 0. The van der Waals surface area contributed by atoms with Crippen LogP contribution in [0.15, 0.2) is 24.3 Å². The van der Waals surface area contributed by atoms with Crippen molar-refractivity contribution in [2.45, 2.75) is 25.1 Å². The minimum Gasteiger partial charge on any atom is -0.383 e. The van der Waals surface area contributed by atoms with Gasteiger partial charge in [-0.3, -0.25) is 9.59 Å². The van der Waals surface area contributed by atoms with Crippen LogP contribution in [-0.4, -0.2) is 47.6 Å². The third-order valence-electron chi connectivity index (χ3n) is 3.90. The predicted molar refractivity (Wildman–Crippen MR) is 72.5 cm³/mol. The van der Waals surface area contributed by atoms with Gasteiger partial charge in [-0.15, -0.1) is 0 Å². The maximum Gasteiger partial charge on any atom is 0.414 e. The molecule has 0 bridgehead atoms. The van der Waals surface area contributed by atoms with Gasteiger partial charge in [0.1, 0.15) is 6.29 Å². The standard InChI is InChI=1S/C15H16F3NO3/c16-15(17,18)13(21)11-5-7-19(8-6-11)14(22)12-3-1-10(9-20)2-4-12/h1-4,9,11,13,21H,5-8H2. The lowest BCUT2D eigenvalue weighted by atomic mass is 9.90. The molecule has 7 heteroatoms. The van der Waals surface area contributed by atoms with Gasteiger partial charge in [0, 0.05) is 24.2 Å². The first kappa shape index (κ1) is 16.5. The van der Waals surface area contributed by atoms with E-state index in [9.17, 15) is 27.9 Å². The lowest BCUT2D eigenvalue weighted by molar-refractivity contribution is -0.222. The van der Waals surface area contributed by atoms with Gasteiger partial charge < -0.3 is 10.0 Å². The third-order valence-corrected chi connectivity index (χ3v) is 3.90. The third kappa shape index (κ3) is 3.65. The maximum atomic E-state index is 12.5. The quantitative estimate of drug-likeness (QED) is 0.871. The molecular formula is C15H16F3NO3. The molecule has 4 nitrogen and oxygen atoms in total. The van der Waals surface area contributed by atoms with E-state index in [0.717, 1.165) is 0 Å². The van der Waals surface area contributed by atoms with Crippen molar-refractivity contribution in [3.63, 3.8) is 0 Å². The van der Waals surface area contributed by atoms with Crippen molar-refractivity contribution in [1.82, 2.24) is 4.90 Å². The highest BCUT2D eigenvalue weighted by atomic mass is 19.4. The zero-order valence-corrected chi connectivity index (χ0v) is 11.7. The summed E-state index contributed by atoms with van der Waals surface area (Å²) in [5, 5.41) is 9.25. The minimum absolute atomic E-state index is 0.110. The number of piperidine rings is 1. The minimum atomic E-state index is -4.62. The number of rotatable bonds is 3. The number of amides is 1. The van der Waals surface area contributed by atoms with E-state index in [4.69, 9.17) is 0 Å². The number of hydrogen-bond acceptors (Lipinski definition) is 3. The largest absolute Gasteiger partial charge is 0.414 e. The molecule has 0 spiro atoms. The molecule has 22 heavy (non-hydrogen) atoms. The molecule has 1 aromatic carbocycles. The average Bonchev–Trinajstić information content (AvgIpc) is 2.53. The molecule has 1 aromatic rings. The van der Waals surface area contributed by atoms with Gasteiger partial charge in [-0.05, 0) is 30.9 Å². The van der Waals surface area contributed by atoms with Gasteiger partial charge in [0.15, 0.2) is 6.10 Å². The molecule has 0 radical (unpaired) electrons. The summed E-state index contributed by atoms with van der Waals surface area (Å²) in [5.41, 5.74) is 0.837. The fourth-order valence-corrected chi connectivity index (χ4v) is 2.57. The second kappa shape index (κ2) is 6.48. The van der Waals surface area contributed by atoms with Crippen LogP contribution >= 0.6 is 0 Å². The molecule has 0 saturated carbocycles. The summed E-state index contributed by atoms with van der Waals surface area (Å²) in [5.74, 6) is -1.15. The molecule has 1 atom stereocenters. The van der Waals surface area contributed by atoms with Crippen LogP contribution in [0.3, 0.4) is 0 Å². The maximum absolute atomic E-state index is 12.5. The lowest BCUT2D eigenvalue weighted by Crippen LogP contribution is -2.45. The van der Waals surface area contributed by atoms with Gasteiger partial charge in [-0.2, -0.15) is 13.2 Å². The average molecular weight is 315 g/mol. The van der Waals surface area contributed by atoms with Crippen molar-refractivity contribution < 1.29 is 27.9 Å². The highest BCUT2D eigenvalue weighted by Crippen LogP contribution is 2.31. The van der Waals surface area contributed by atoms with Gasteiger partial charge >= 0.3 is 6.18 Å². The second-order valence-corrected chi connectivity index (χ2v) is 5.36. The molecule has 1 amide bonds. The Morgan fingerprint density at radius 2 is 1.77 bits per heavy atom. The van der Waals surface area contributed by atoms with E-state index in [1.165, 1.54) is 29.2 Å². The van der Waals surface area contributed by atoms with Crippen molar-refractivity contribution in [1.29, 1.82) is 0 Å². The molecule has 1 heterocycles. The molecular weight excluding hydrogens is 299 g/mol. The molecule has 1 saturated heterocycles. The van der Waals surface area contributed by atoms with Crippen molar-refractivity contribution in [3.05, 3.63) is 35.4 Å². The number of likely N-dealkylation sites (tertiary alicyclic amines) is 1. The normalized spacial score (nSPS) is 18.1. The van der Waals surface area contributed by atoms with Crippen LogP contribution < -0.4 is 0 Å². The number of aldehydes is 1.